The van der Waals surface area contributed by atoms with Crippen LogP contribution in [0.3, 0.4) is 0 Å². The van der Waals surface area contributed by atoms with Crippen molar-refractivity contribution < 1.29 is 53.5 Å². The Bertz CT molecular complexity index is 209. The predicted octanol–water partition coefficient (Wildman–Crippen LogP) is -8.23. The van der Waals surface area contributed by atoms with Crippen LogP contribution >= 0.6 is 15.6 Å². The minimum absolute atomic E-state index is 0. The van der Waals surface area contributed by atoms with Gasteiger partial charge in [-0.15, -0.1) is 0 Å². The summed E-state index contributed by atoms with van der Waals surface area (Å²) in [6, 6.07) is 0. The van der Waals surface area contributed by atoms with E-state index in [0.29, 0.717) is 0 Å². The summed E-state index contributed by atoms with van der Waals surface area (Å²) in [6.45, 7) is 0. The fourth-order valence-corrected chi connectivity index (χ4v) is 0. The maximum atomic E-state index is 8.66. The van der Waals surface area contributed by atoms with Crippen molar-refractivity contribution in [2.75, 3.05) is 0 Å². The molecule has 0 fully saturated rings. The van der Waals surface area contributed by atoms with Gasteiger partial charge in [0.2, 0.25) is 0 Å². The average molecular weight is 373 g/mol. The SMILES string of the molecule is O=C([O-])[O-].O=P([O-])([O-])O.O=P([O-])([O-])[O-].[Ca+2].[Ca+2].[Mg+2].[NH4+]. The van der Waals surface area contributed by atoms with Gasteiger partial charge in [-0.1, -0.05) is 0 Å². The maximum absolute atomic E-state index is 8.66. The van der Waals surface area contributed by atoms with Gasteiger partial charge in [0.15, 0.2) is 0 Å². The molecule has 0 aromatic rings. The minimum Gasteiger partial charge on any atom is -0.822 e. The number of hydrogen-bond donors (Lipinski definition) is 2. The largest absolute Gasteiger partial charge is 2.00 e. The number of rotatable bonds is 0. The summed E-state index contributed by atoms with van der Waals surface area (Å²) in [5.41, 5.74) is 0. The Kier molecular flexibility index (Phi) is 52.4. The van der Waals surface area contributed by atoms with E-state index in [1.165, 1.54) is 0 Å². The first kappa shape index (κ1) is 42.8. The van der Waals surface area contributed by atoms with E-state index in [1.807, 2.05) is 0 Å². The van der Waals surface area contributed by atoms with Gasteiger partial charge in [0.05, 0.1) is 7.82 Å². The molecular formula is CH5Ca2MgNO11P2. The summed E-state index contributed by atoms with van der Waals surface area (Å²) < 4.78 is 17.2. The van der Waals surface area contributed by atoms with E-state index in [9.17, 15) is 0 Å². The second kappa shape index (κ2) is 22.0. The van der Waals surface area contributed by atoms with Crippen LogP contribution in [-0.2, 0) is 9.13 Å². The van der Waals surface area contributed by atoms with Crippen molar-refractivity contribution in [3.63, 3.8) is 0 Å². The second-order valence-electron chi connectivity index (χ2n) is 1.17. The molecule has 0 bridgehead atoms. The van der Waals surface area contributed by atoms with Gasteiger partial charge in [0, 0.05) is 0 Å². The van der Waals surface area contributed by atoms with Gasteiger partial charge in [-0.2, -0.15) is 7.82 Å². The van der Waals surface area contributed by atoms with Crippen molar-refractivity contribution in [1.29, 1.82) is 0 Å². The van der Waals surface area contributed by atoms with Crippen molar-refractivity contribution in [1.82, 2.24) is 6.15 Å². The molecule has 0 aromatic carbocycles. The van der Waals surface area contributed by atoms with E-state index in [1.54, 1.807) is 0 Å². The Morgan fingerprint density at radius 3 is 0.889 bits per heavy atom. The number of carboxylic acid groups (broad SMARTS) is 2. The van der Waals surface area contributed by atoms with Gasteiger partial charge in [-0.05, 0) is 6.16 Å². The zero-order valence-corrected chi connectivity index (χ0v) is 16.7. The van der Waals surface area contributed by atoms with E-state index in [4.69, 9.17) is 53.5 Å². The van der Waals surface area contributed by atoms with Gasteiger partial charge >= 0.3 is 98.5 Å². The fraction of sp³-hybridized carbons (Fsp3) is 0. The zero-order chi connectivity index (χ0) is 12.6. The van der Waals surface area contributed by atoms with E-state index in [0.717, 1.165) is 0 Å². The molecule has 5 N–H and O–H groups in total. The van der Waals surface area contributed by atoms with Gasteiger partial charge in [-0.3, -0.25) is 0 Å². The molecule has 12 nitrogen and oxygen atoms in total. The third-order valence-electron chi connectivity index (χ3n) is 0. The van der Waals surface area contributed by atoms with E-state index in [-0.39, 0.29) is 105 Å². The quantitative estimate of drug-likeness (QED) is 0.297. The summed E-state index contributed by atoms with van der Waals surface area (Å²) in [5, 5.41) is 16.7. The molecule has 0 unspecified atom stereocenters. The summed E-state index contributed by atoms with van der Waals surface area (Å²) in [4.78, 5) is 58.3. The standard InChI is InChI=1S/CH2O3.2Ca.Mg.H3N.2H3O4P/c2-1(3)4;;;;;2*1-5(2,3)4/h(H2,2,3,4);;;;1H3;2*(H3,1,2,3,4)/q;3*+2;;;/p-6. The molecular weight excluding hydrogens is 368 g/mol. The van der Waals surface area contributed by atoms with E-state index < -0.39 is 21.8 Å². The Morgan fingerprint density at radius 2 is 0.889 bits per heavy atom. The Labute approximate surface area is 177 Å². The molecule has 0 saturated carbocycles. The van der Waals surface area contributed by atoms with Gasteiger partial charge < -0.3 is 59.6 Å². The van der Waals surface area contributed by atoms with Crippen LogP contribution in [0, 0.1) is 0 Å². The number of carbonyl (C=O) groups is 1. The van der Waals surface area contributed by atoms with Gasteiger partial charge in [0.1, 0.15) is 0 Å². The zero-order valence-electron chi connectivity index (χ0n) is 9.05. The third kappa shape index (κ3) is 787. The van der Waals surface area contributed by atoms with Crippen LogP contribution in [0.25, 0.3) is 0 Å². The molecule has 0 aliphatic heterocycles. The molecule has 96 valence electrons. The van der Waals surface area contributed by atoms with Crippen molar-refractivity contribution in [3.05, 3.63) is 0 Å². The average Bonchev–Trinajstić information content (AvgIpc) is 1.45. The van der Waals surface area contributed by atoms with Gasteiger partial charge in [-0.25, -0.2) is 0 Å². The molecule has 0 aromatic heterocycles. The fourth-order valence-electron chi connectivity index (χ4n) is 0. The number of hydrogen-bond acceptors (Lipinski definition) is 10. The molecule has 0 spiro atoms. The molecule has 0 saturated heterocycles. The maximum Gasteiger partial charge on any atom is 2.00 e. The molecule has 18 heavy (non-hydrogen) atoms. The van der Waals surface area contributed by atoms with Crippen LogP contribution in [0.1, 0.15) is 0 Å². The summed E-state index contributed by atoms with van der Waals surface area (Å²) >= 11 is 0. The van der Waals surface area contributed by atoms with Crippen LogP contribution in [0.15, 0.2) is 0 Å². The second-order valence-corrected chi connectivity index (χ2v) is 3.00. The predicted molar refractivity (Wildman–Crippen MR) is 46.1 cm³/mol. The molecule has 0 rings (SSSR count). The summed E-state index contributed by atoms with van der Waals surface area (Å²) in [6.07, 6.45) is -2.33. The van der Waals surface area contributed by atoms with Crippen molar-refractivity contribution in [2.24, 2.45) is 0 Å². The first-order valence-electron chi connectivity index (χ1n) is 2.09. The molecule has 0 heterocycles. The molecule has 0 aliphatic carbocycles. The monoisotopic (exact) mass is 373 g/mol. The van der Waals surface area contributed by atoms with Crippen molar-refractivity contribution in [2.45, 2.75) is 0 Å². The number of quaternary nitrogens is 1. The molecule has 0 atom stereocenters. The summed E-state index contributed by atoms with van der Waals surface area (Å²) in [5.74, 6) is 0. The van der Waals surface area contributed by atoms with Crippen molar-refractivity contribution >= 4 is 120 Å². The van der Waals surface area contributed by atoms with Crippen LogP contribution in [0.2, 0.25) is 0 Å². The minimum atomic E-state index is -5.39. The van der Waals surface area contributed by atoms with Crippen LogP contribution in [-0.4, -0.2) is 110 Å². The Balaban J connectivity index is -0.0000000183. The molecule has 0 aliphatic rings. The van der Waals surface area contributed by atoms with Crippen LogP contribution in [0.5, 0.6) is 0 Å². The topological polar surface area (TPSA) is 269 Å². The first-order valence-corrected chi connectivity index (χ1v) is 5.05. The summed E-state index contributed by atoms with van der Waals surface area (Å²) in [7, 11) is -10.5. The Morgan fingerprint density at radius 1 is 0.889 bits per heavy atom. The van der Waals surface area contributed by atoms with Crippen LogP contribution < -0.4 is 40.8 Å². The normalized spacial score (nSPS) is 7.89. The van der Waals surface area contributed by atoms with E-state index >= 15 is 0 Å². The van der Waals surface area contributed by atoms with Crippen molar-refractivity contribution in [3.8, 4) is 0 Å². The molecule has 0 radical (unpaired) electrons. The molecule has 17 heteroatoms. The van der Waals surface area contributed by atoms with Gasteiger partial charge in [0.25, 0.3) is 0 Å². The number of phosphoric acid groups is 2. The molecule has 0 amide bonds. The number of carbonyl (C=O) groups excluding carboxylic acids is 1. The first-order chi connectivity index (χ1) is 5.73. The Hall–Kier alpha value is 2.74. The van der Waals surface area contributed by atoms with E-state index in [2.05, 4.69) is 0 Å². The van der Waals surface area contributed by atoms with Crippen LogP contribution in [0.4, 0.5) is 4.79 Å². The third-order valence-corrected chi connectivity index (χ3v) is 0. The smallest absolute Gasteiger partial charge is 0.822 e.